The highest BCUT2D eigenvalue weighted by Gasteiger charge is 2.17. The maximum Gasteiger partial charge on any atom is 0.151 e. The Balaban J connectivity index is 2.09. The Morgan fingerprint density at radius 1 is 1.31 bits per heavy atom. The van der Waals surface area contributed by atoms with E-state index < -0.39 is 0 Å². The number of rotatable bonds is 1. The van der Waals surface area contributed by atoms with E-state index >= 15 is 0 Å². The lowest BCUT2D eigenvalue weighted by Crippen LogP contribution is -2.10. The van der Waals surface area contributed by atoms with Crippen molar-refractivity contribution in [2.24, 2.45) is 0 Å². The van der Waals surface area contributed by atoms with E-state index in [4.69, 9.17) is 0 Å². The van der Waals surface area contributed by atoms with E-state index in [2.05, 4.69) is 46.7 Å². The van der Waals surface area contributed by atoms with Crippen molar-refractivity contribution in [3.05, 3.63) is 35.4 Å². The van der Waals surface area contributed by atoms with Gasteiger partial charge in [-0.3, -0.25) is 5.10 Å². The Morgan fingerprint density at radius 2 is 2.25 bits per heavy atom. The summed E-state index contributed by atoms with van der Waals surface area (Å²) in [4.78, 5) is 0. The van der Waals surface area contributed by atoms with Gasteiger partial charge < -0.3 is 5.32 Å². The lowest BCUT2D eigenvalue weighted by atomic mass is 10.0. The van der Waals surface area contributed by atoms with Crippen LogP contribution in [0.5, 0.6) is 0 Å². The number of nitrogens with one attached hydrogen (secondary N) is 2. The third-order valence-corrected chi connectivity index (χ3v) is 3.07. The summed E-state index contributed by atoms with van der Waals surface area (Å²) in [6.07, 6.45) is 2.30. The van der Waals surface area contributed by atoms with Gasteiger partial charge in [0.15, 0.2) is 5.82 Å². The number of aromatic amines is 1. The van der Waals surface area contributed by atoms with Crippen LogP contribution in [0.2, 0.25) is 0 Å². The second-order valence-electron chi connectivity index (χ2n) is 4.33. The number of hydrogen-bond donors (Lipinski definition) is 2. The Labute approximate surface area is 94.9 Å². The molecule has 3 nitrogen and oxygen atoms in total. The van der Waals surface area contributed by atoms with Crippen molar-refractivity contribution < 1.29 is 0 Å². The molecule has 1 aromatic heterocycles. The number of fused-ring (bicyclic) bond motifs is 1. The zero-order valence-electron chi connectivity index (χ0n) is 9.38. The Kier molecular flexibility index (Phi) is 2.17. The third-order valence-electron chi connectivity index (χ3n) is 3.07. The van der Waals surface area contributed by atoms with E-state index in [9.17, 15) is 0 Å². The molecule has 2 N–H and O–H groups in total. The van der Waals surface area contributed by atoms with Gasteiger partial charge in [0.05, 0.1) is 5.69 Å². The van der Waals surface area contributed by atoms with Gasteiger partial charge >= 0.3 is 0 Å². The van der Waals surface area contributed by atoms with Crippen molar-refractivity contribution in [3.8, 4) is 11.3 Å². The van der Waals surface area contributed by atoms with Gasteiger partial charge in [0, 0.05) is 17.7 Å². The summed E-state index contributed by atoms with van der Waals surface area (Å²) in [5.41, 5.74) is 5.02. The number of hydrogen-bond acceptors (Lipinski definition) is 2. The molecule has 1 aliphatic heterocycles. The molecule has 0 radical (unpaired) electrons. The molecule has 1 aromatic carbocycles. The Morgan fingerprint density at radius 3 is 3.12 bits per heavy atom. The number of nitrogens with zero attached hydrogens (tertiary/aromatic N) is 1. The third kappa shape index (κ3) is 1.48. The average molecular weight is 213 g/mol. The summed E-state index contributed by atoms with van der Waals surface area (Å²) in [7, 11) is 0. The summed E-state index contributed by atoms with van der Waals surface area (Å²) in [6.45, 7) is 3.15. The lowest BCUT2D eigenvalue weighted by Gasteiger charge is -2.13. The van der Waals surface area contributed by atoms with Gasteiger partial charge in [-0.05, 0) is 25.8 Å². The molecular formula is C13H15N3. The molecule has 0 spiro atoms. The van der Waals surface area contributed by atoms with Gasteiger partial charge in [-0.15, -0.1) is 0 Å². The Bertz CT molecular complexity index is 514. The normalized spacial score (nSPS) is 14.3. The topological polar surface area (TPSA) is 40.7 Å². The van der Waals surface area contributed by atoms with Gasteiger partial charge in [-0.2, -0.15) is 5.10 Å². The van der Waals surface area contributed by atoms with E-state index in [1.54, 1.807) is 0 Å². The van der Waals surface area contributed by atoms with Crippen LogP contribution in [0.4, 0.5) is 5.82 Å². The molecule has 82 valence electrons. The zero-order chi connectivity index (χ0) is 11.0. The highest BCUT2D eigenvalue weighted by atomic mass is 15.2. The maximum absolute atomic E-state index is 4.33. The smallest absolute Gasteiger partial charge is 0.151 e. The second-order valence-corrected chi connectivity index (χ2v) is 4.33. The largest absolute Gasteiger partial charge is 0.368 e. The molecule has 16 heavy (non-hydrogen) atoms. The summed E-state index contributed by atoms with van der Waals surface area (Å²) < 4.78 is 0. The van der Waals surface area contributed by atoms with E-state index in [1.807, 2.05) is 0 Å². The SMILES string of the molecule is Cc1cccc(-c2[nH]nc3c2CCCN3)c1. The Hall–Kier alpha value is -1.77. The standard InChI is InChI=1S/C13H15N3/c1-9-4-2-5-10(8-9)12-11-6-3-7-14-13(11)16-15-12/h2,4-5,8H,3,6-7H2,1H3,(H2,14,15,16). The van der Waals surface area contributed by atoms with E-state index in [-0.39, 0.29) is 0 Å². The number of H-pyrrole nitrogens is 1. The molecule has 2 aromatic rings. The van der Waals surface area contributed by atoms with Crippen molar-refractivity contribution in [1.29, 1.82) is 0 Å². The van der Waals surface area contributed by atoms with Gasteiger partial charge in [-0.25, -0.2) is 0 Å². The minimum Gasteiger partial charge on any atom is -0.368 e. The minimum absolute atomic E-state index is 1.03. The summed E-state index contributed by atoms with van der Waals surface area (Å²) in [5.74, 6) is 1.03. The summed E-state index contributed by atoms with van der Waals surface area (Å²) >= 11 is 0. The van der Waals surface area contributed by atoms with Gasteiger partial charge in [0.2, 0.25) is 0 Å². The first-order valence-electron chi connectivity index (χ1n) is 5.73. The fraction of sp³-hybridized carbons (Fsp3) is 0.308. The summed E-state index contributed by atoms with van der Waals surface area (Å²) in [6, 6.07) is 8.54. The molecule has 0 bridgehead atoms. The molecule has 0 unspecified atom stereocenters. The molecule has 3 heteroatoms. The first-order valence-corrected chi connectivity index (χ1v) is 5.73. The van der Waals surface area contributed by atoms with Crippen LogP contribution in [0.15, 0.2) is 24.3 Å². The summed E-state index contributed by atoms with van der Waals surface area (Å²) in [5, 5.41) is 10.8. The molecular weight excluding hydrogens is 198 g/mol. The van der Waals surface area contributed by atoms with Crippen molar-refractivity contribution in [2.75, 3.05) is 11.9 Å². The fourth-order valence-corrected chi connectivity index (χ4v) is 2.27. The predicted molar refractivity (Wildman–Crippen MR) is 65.6 cm³/mol. The molecule has 0 saturated carbocycles. The second kappa shape index (κ2) is 3.67. The molecule has 3 rings (SSSR count). The quantitative estimate of drug-likeness (QED) is 0.764. The molecule has 0 saturated heterocycles. The van der Waals surface area contributed by atoms with Gasteiger partial charge in [0.1, 0.15) is 0 Å². The molecule has 0 amide bonds. The minimum atomic E-state index is 1.03. The van der Waals surface area contributed by atoms with Crippen molar-refractivity contribution in [3.63, 3.8) is 0 Å². The van der Waals surface area contributed by atoms with Crippen molar-refractivity contribution >= 4 is 5.82 Å². The fourth-order valence-electron chi connectivity index (χ4n) is 2.27. The molecule has 0 atom stereocenters. The van der Waals surface area contributed by atoms with Crippen molar-refractivity contribution in [1.82, 2.24) is 10.2 Å². The van der Waals surface area contributed by atoms with E-state index in [0.717, 1.165) is 18.8 Å². The van der Waals surface area contributed by atoms with Crippen LogP contribution in [-0.2, 0) is 6.42 Å². The average Bonchev–Trinajstić information content (AvgIpc) is 2.72. The molecule has 2 heterocycles. The van der Waals surface area contributed by atoms with E-state index in [0.29, 0.717) is 0 Å². The predicted octanol–water partition coefficient (Wildman–Crippen LogP) is 2.74. The highest BCUT2D eigenvalue weighted by Crippen LogP contribution is 2.30. The van der Waals surface area contributed by atoms with E-state index in [1.165, 1.54) is 28.8 Å². The van der Waals surface area contributed by atoms with Crippen LogP contribution in [-0.4, -0.2) is 16.7 Å². The van der Waals surface area contributed by atoms with Crippen LogP contribution in [0, 0.1) is 6.92 Å². The van der Waals surface area contributed by atoms with Crippen LogP contribution in [0.1, 0.15) is 17.5 Å². The first-order chi connectivity index (χ1) is 7.84. The molecule has 0 fully saturated rings. The number of aromatic nitrogens is 2. The maximum atomic E-state index is 4.33. The zero-order valence-corrected chi connectivity index (χ0v) is 9.38. The molecule has 0 aliphatic carbocycles. The van der Waals surface area contributed by atoms with Gasteiger partial charge in [0.25, 0.3) is 0 Å². The monoisotopic (exact) mass is 213 g/mol. The lowest BCUT2D eigenvalue weighted by molar-refractivity contribution is 0.828. The number of aryl methyl sites for hydroxylation is 1. The van der Waals surface area contributed by atoms with Crippen molar-refractivity contribution in [2.45, 2.75) is 19.8 Å². The van der Waals surface area contributed by atoms with Crippen LogP contribution in [0.3, 0.4) is 0 Å². The molecule has 1 aliphatic rings. The number of anilines is 1. The van der Waals surface area contributed by atoms with Crippen LogP contribution in [0.25, 0.3) is 11.3 Å². The highest BCUT2D eigenvalue weighted by molar-refractivity contribution is 5.70. The van der Waals surface area contributed by atoms with Gasteiger partial charge in [-0.1, -0.05) is 23.8 Å². The number of benzene rings is 1. The van der Waals surface area contributed by atoms with Crippen LogP contribution >= 0.6 is 0 Å². The first kappa shape index (κ1) is 9.46. The van der Waals surface area contributed by atoms with Crippen LogP contribution < -0.4 is 5.32 Å².